The summed E-state index contributed by atoms with van der Waals surface area (Å²) < 4.78 is 6.92. The van der Waals surface area contributed by atoms with Gasteiger partial charge in [0, 0.05) is 11.0 Å². The molecule has 0 bridgehead atoms. The van der Waals surface area contributed by atoms with E-state index in [0.717, 1.165) is 16.8 Å². The third-order valence-corrected chi connectivity index (χ3v) is 4.38. The molecule has 2 aromatic carbocycles. The average molecular weight is 346 g/mol. The second kappa shape index (κ2) is 7.10. The monoisotopic (exact) mass is 345 g/mol. The first-order chi connectivity index (χ1) is 10.3. The van der Waals surface area contributed by atoms with Crippen molar-refractivity contribution in [2.24, 2.45) is 0 Å². The number of benzene rings is 2. The van der Waals surface area contributed by atoms with Crippen molar-refractivity contribution in [3.05, 3.63) is 64.1 Å². The summed E-state index contributed by atoms with van der Waals surface area (Å²) in [4.78, 5) is 2.51. The Balaban J connectivity index is 1.52. The van der Waals surface area contributed by atoms with E-state index in [1.54, 1.807) is 0 Å². The molecular formula is C18H20BrNO. The minimum absolute atomic E-state index is 0.610. The Kier molecular flexibility index (Phi) is 4.94. The van der Waals surface area contributed by atoms with Gasteiger partial charge in [-0.3, -0.25) is 4.90 Å². The number of rotatable bonds is 5. The molecule has 3 heteroatoms. The van der Waals surface area contributed by atoms with Crippen LogP contribution in [0.1, 0.15) is 24.0 Å². The van der Waals surface area contributed by atoms with Gasteiger partial charge in [-0.2, -0.15) is 0 Å². The van der Waals surface area contributed by atoms with E-state index in [4.69, 9.17) is 4.74 Å². The molecule has 0 amide bonds. The van der Waals surface area contributed by atoms with Gasteiger partial charge in [0.25, 0.3) is 0 Å². The summed E-state index contributed by atoms with van der Waals surface area (Å²) in [5, 5.41) is 0. The topological polar surface area (TPSA) is 12.5 Å². The zero-order chi connectivity index (χ0) is 14.5. The fourth-order valence-electron chi connectivity index (χ4n) is 2.64. The number of halogens is 1. The van der Waals surface area contributed by atoms with Crippen molar-refractivity contribution < 1.29 is 4.74 Å². The molecule has 2 aromatic rings. The second-order valence-electron chi connectivity index (χ2n) is 5.54. The zero-order valence-electron chi connectivity index (χ0n) is 12.1. The van der Waals surface area contributed by atoms with Crippen LogP contribution >= 0.6 is 15.9 Å². The van der Waals surface area contributed by atoms with Crippen LogP contribution < -0.4 is 4.74 Å². The predicted octanol–water partition coefficient (Wildman–Crippen LogP) is 4.62. The summed E-state index contributed by atoms with van der Waals surface area (Å²) in [6.45, 7) is 4.15. The summed E-state index contributed by atoms with van der Waals surface area (Å²) in [6, 6.07) is 16.7. The first kappa shape index (κ1) is 14.6. The van der Waals surface area contributed by atoms with Gasteiger partial charge in [0.1, 0.15) is 12.4 Å². The van der Waals surface area contributed by atoms with Gasteiger partial charge in [-0.25, -0.2) is 0 Å². The molecule has 3 rings (SSSR count). The molecule has 0 aromatic heterocycles. The summed E-state index contributed by atoms with van der Waals surface area (Å²) in [7, 11) is 0. The van der Waals surface area contributed by atoms with Crippen LogP contribution in [0.3, 0.4) is 0 Å². The molecule has 1 aliphatic heterocycles. The summed E-state index contributed by atoms with van der Waals surface area (Å²) in [6.07, 6.45) is 2.68. The molecule has 0 unspecified atom stereocenters. The first-order valence-corrected chi connectivity index (χ1v) is 8.27. The maximum Gasteiger partial charge on any atom is 0.119 e. The van der Waals surface area contributed by atoms with Crippen molar-refractivity contribution >= 4 is 15.9 Å². The fourth-order valence-corrected chi connectivity index (χ4v) is 2.90. The Morgan fingerprint density at radius 1 is 0.857 bits per heavy atom. The molecular weight excluding hydrogens is 326 g/mol. The van der Waals surface area contributed by atoms with E-state index >= 15 is 0 Å². The summed E-state index contributed by atoms with van der Waals surface area (Å²) in [5.74, 6) is 0.933. The second-order valence-corrected chi connectivity index (χ2v) is 6.46. The molecule has 1 heterocycles. The number of likely N-dealkylation sites (tertiary alicyclic amines) is 1. The lowest BCUT2D eigenvalue weighted by Gasteiger charge is -2.14. The Hall–Kier alpha value is -1.32. The molecule has 21 heavy (non-hydrogen) atoms. The number of ether oxygens (including phenoxy) is 1. The van der Waals surface area contributed by atoms with E-state index in [-0.39, 0.29) is 0 Å². The van der Waals surface area contributed by atoms with Crippen LogP contribution in [0.5, 0.6) is 5.75 Å². The standard InChI is InChI=1S/C18H20BrNO/c19-17-7-3-16(4-8-17)14-21-18-9-5-15(6-10-18)13-20-11-1-2-12-20/h3-10H,1-2,11-14H2. The quantitative estimate of drug-likeness (QED) is 0.783. The molecule has 1 aliphatic rings. The molecule has 0 spiro atoms. The predicted molar refractivity (Wildman–Crippen MR) is 89.4 cm³/mol. The lowest BCUT2D eigenvalue weighted by molar-refractivity contribution is 0.305. The molecule has 1 fully saturated rings. The van der Waals surface area contributed by atoms with Crippen LogP contribution in [0, 0.1) is 0 Å². The van der Waals surface area contributed by atoms with Crippen LogP contribution in [0.4, 0.5) is 0 Å². The van der Waals surface area contributed by atoms with E-state index in [1.165, 1.54) is 37.1 Å². The molecule has 0 atom stereocenters. The van der Waals surface area contributed by atoms with E-state index in [9.17, 15) is 0 Å². The van der Waals surface area contributed by atoms with Crippen molar-refractivity contribution in [2.75, 3.05) is 13.1 Å². The highest BCUT2D eigenvalue weighted by Gasteiger charge is 2.11. The van der Waals surface area contributed by atoms with Gasteiger partial charge >= 0.3 is 0 Å². The van der Waals surface area contributed by atoms with Crippen LogP contribution in [0.2, 0.25) is 0 Å². The minimum atomic E-state index is 0.610. The highest BCUT2D eigenvalue weighted by Crippen LogP contribution is 2.18. The molecule has 0 N–H and O–H groups in total. The van der Waals surface area contributed by atoms with Crippen molar-refractivity contribution in [1.29, 1.82) is 0 Å². The molecule has 2 nitrogen and oxygen atoms in total. The van der Waals surface area contributed by atoms with Gasteiger partial charge in [-0.15, -0.1) is 0 Å². The first-order valence-electron chi connectivity index (χ1n) is 7.48. The maximum absolute atomic E-state index is 5.83. The number of hydrogen-bond acceptors (Lipinski definition) is 2. The molecule has 1 saturated heterocycles. The largest absolute Gasteiger partial charge is 0.489 e. The van der Waals surface area contributed by atoms with Crippen LogP contribution in [-0.2, 0) is 13.2 Å². The Morgan fingerprint density at radius 2 is 1.48 bits per heavy atom. The fraction of sp³-hybridized carbons (Fsp3) is 0.333. The zero-order valence-corrected chi connectivity index (χ0v) is 13.7. The third-order valence-electron chi connectivity index (χ3n) is 3.85. The normalized spacial score (nSPS) is 15.3. The Bertz CT molecular complexity index is 559. The third kappa shape index (κ3) is 4.32. The van der Waals surface area contributed by atoms with Crippen molar-refractivity contribution in [2.45, 2.75) is 26.0 Å². The number of hydrogen-bond donors (Lipinski definition) is 0. The lowest BCUT2D eigenvalue weighted by atomic mass is 10.2. The van der Waals surface area contributed by atoms with E-state index in [2.05, 4.69) is 57.2 Å². The van der Waals surface area contributed by atoms with Gasteiger partial charge in [-0.1, -0.05) is 40.2 Å². The lowest BCUT2D eigenvalue weighted by Crippen LogP contribution is -2.18. The van der Waals surface area contributed by atoms with E-state index in [0.29, 0.717) is 6.61 Å². The van der Waals surface area contributed by atoms with Gasteiger partial charge < -0.3 is 4.74 Å². The van der Waals surface area contributed by atoms with Gasteiger partial charge in [-0.05, 0) is 61.3 Å². The van der Waals surface area contributed by atoms with Crippen LogP contribution in [0.25, 0.3) is 0 Å². The molecule has 110 valence electrons. The van der Waals surface area contributed by atoms with Crippen molar-refractivity contribution in [1.82, 2.24) is 4.90 Å². The van der Waals surface area contributed by atoms with Gasteiger partial charge in [0.05, 0.1) is 0 Å². The summed E-state index contributed by atoms with van der Waals surface area (Å²) in [5.41, 5.74) is 2.55. The van der Waals surface area contributed by atoms with Gasteiger partial charge in [0.15, 0.2) is 0 Å². The highest BCUT2D eigenvalue weighted by atomic mass is 79.9. The van der Waals surface area contributed by atoms with Gasteiger partial charge in [0.2, 0.25) is 0 Å². The Morgan fingerprint density at radius 3 is 2.14 bits per heavy atom. The van der Waals surface area contributed by atoms with E-state index < -0.39 is 0 Å². The minimum Gasteiger partial charge on any atom is -0.489 e. The maximum atomic E-state index is 5.83. The average Bonchev–Trinajstić information content (AvgIpc) is 3.01. The molecule has 0 radical (unpaired) electrons. The smallest absolute Gasteiger partial charge is 0.119 e. The van der Waals surface area contributed by atoms with Crippen LogP contribution in [0.15, 0.2) is 53.0 Å². The van der Waals surface area contributed by atoms with Crippen LogP contribution in [-0.4, -0.2) is 18.0 Å². The summed E-state index contributed by atoms with van der Waals surface area (Å²) >= 11 is 3.44. The number of nitrogens with zero attached hydrogens (tertiary/aromatic N) is 1. The SMILES string of the molecule is Brc1ccc(COc2ccc(CN3CCCC3)cc2)cc1. The molecule has 0 saturated carbocycles. The van der Waals surface area contributed by atoms with Crippen molar-refractivity contribution in [3.8, 4) is 5.75 Å². The molecule has 0 aliphatic carbocycles. The van der Waals surface area contributed by atoms with Crippen molar-refractivity contribution in [3.63, 3.8) is 0 Å². The highest BCUT2D eigenvalue weighted by molar-refractivity contribution is 9.10. The Labute approximate surface area is 134 Å². The van der Waals surface area contributed by atoms with E-state index in [1.807, 2.05) is 12.1 Å².